The van der Waals surface area contributed by atoms with Crippen LogP contribution in [0.3, 0.4) is 0 Å². The molecule has 31 heavy (non-hydrogen) atoms. The van der Waals surface area contributed by atoms with Gasteiger partial charge in [-0.2, -0.15) is 0 Å². The number of benzene rings is 3. The molecule has 3 rings (SSSR count). The molecule has 3 aromatic carbocycles. The normalized spacial score (nSPS) is 10.7. The van der Waals surface area contributed by atoms with Crippen molar-refractivity contribution < 1.29 is 14.2 Å². The maximum absolute atomic E-state index is 6.11. The Hall–Kier alpha value is -2.50. The van der Waals surface area contributed by atoms with Gasteiger partial charge in [-0.05, 0) is 73.3 Å². The van der Waals surface area contributed by atoms with E-state index in [1.54, 1.807) is 7.11 Å². The summed E-state index contributed by atoms with van der Waals surface area (Å²) in [5.74, 6) is 2.40. The van der Waals surface area contributed by atoms with Gasteiger partial charge in [-0.25, -0.2) is 0 Å². The molecule has 0 saturated heterocycles. The molecule has 0 amide bonds. The first kappa shape index (κ1) is 23.2. The molecule has 0 aliphatic heterocycles. The topological polar surface area (TPSA) is 39.7 Å². The Morgan fingerprint density at radius 3 is 2.35 bits per heavy atom. The van der Waals surface area contributed by atoms with Gasteiger partial charge in [0.15, 0.2) is 11.5 Å². The van der Waals surface area contributed by atoms with E-state index >= 15 is 0 Å². The van der Waals surface area contributed by atoms with E-state index in [1.165, 1.54) is 16.7 Å². The fourth-order valence-electron chi connectivity index (χ4n) is 3.27. The van der Waals surface area contributed by atoms with Gasteiger partial charge < -0.3 is 19.5 Å². The second-order valence-electron chi connectivity index (χ2n) is 7.31. The molecule has 3 aromatic rings. The van der Waals surface area contributed by atoms with Gasteiger partial charge in [-0.1, -0.05) is 52.3 Å². The Morgan fingerprint density at radius 1 is 0.903 bits per heavy atom. The molecule has 0 aliphatic carbocycles. The van der Waals surface area contributed by atoms with E-state index in [1.807, 2.05) is 37.3 Å². The number of hydrogen-bond donors (Lipinski definition) is 1. The largest absolute Gasteiger partial charge is 0.497 e. The van der Waals surface area contributed by atoms with Crippen LogP contribution in [0.4, 0.5) is 0 Å². The molecule has 0 radical (unpaired) electrons. The predicted octanol–water partition coefficient (Wildman–Crippen LogP) is 6.08. The van der Waals surface area contributed by atoms with Crippen LogP contribution < -0.4 is 19.5 Å². The zero-order valence-electron chi connectivity index (χ0n) is 18.4. The van der Waals surface area contributed by atoms with Crippen LogP contribution in [0, 0.1) is 6.92 Å². The molecule has 0 spiro atoms. The number of methoxy groups -OCH3 is 1. The molecule has 0 aliphatic rings. The van der Waals surface area contributed by atoms with Gasteiger partial charge in [0, 0.05) is 11.0 Å². The number of aryl methyl sites for hydroxylation is 1. The third kappa shape index (κ3) is 6.74. The first-order valence-corrected chi connectivity index (χ1v) is 11.4. The van der Waals surface area contributed by atoms with Gasteiger partial charge in [0.2, 0.25) is 0 Å². The second kappa shape index (κ2) is 11.8. The van der Waals surface area contributed by atoms with E-state index in [2.05, 4.69) is 58.5 Å². The Balaban J connectivity index is 1.60. The third-order valence-corrected chi connectivity index (χ3v) is 5.86. The molecule has 1 N–H and O–H groups in total. The predicted molar refractivity (Wildman–Crippen MR) is 129 cm³/mol. The molecule has 5 heteroatoms. The van der Waals surface area contributed by atoms with Crippen LogP contribution >= 0.6 is 15.9 Å². The zero-order chi connectivity index (χ0) is 22.1. The van der Waals surface area contributed by atoms with Crippen molar-refractivity contribution in [3.8, 4) is 17.2 Å². The molecule has 164 valence electrons. The summed E-state index contributed by atoms with van der Waals surface area (Å²) in [6.45, 7) is 6.81. The van der Waals surface area contributed by atoms with Crippen molar-refractivity contribution >= 4 is 15.9 Å². The number of halogens is 1. The van der Waals surface area contributed by atoms with Crippen molar-refractivity contribution in [2.75, 3.05) is 20.3 Å². The Morgan fingerprint density at radius 2 is 1.65 bits per heavy atom. The van der Waals surface area contributed by atoms with Gasteiger partial charge >= 0.3 is 0 Å². The van der Waals surface area contributed by atoms with E-state index in [-0.39, 0.29) is 0 Å². The van der Waals surface area contributed by atoms with E-state index in [9.17, 15) is 0 Å². The number of nitrogens with one attached hydrogen (secondary N) is 1. The van der Waals surface area contributed by atoms with Crippen LogP contribution in [-0.4, -0.2) is 20.3 Å². The minimum absolute atomic E-state index is 0.513. The maximum atomic E-state index is 6.11. The average Bonchev–Trinajstić information content (AvgIpc) is 2.79. The highest BCUT2D eigenvalue weighted by molar-refractivity contribution is 9.10. The standard InChI is InChI=1S/C26H30BrNO3/c1-4-30-25-15-22(17-28-14-13-20-9-11-23(29-3)12-10-20)24(27)16-26(25)31-18-21-8-6-5-7-19(21)2/h5-12,15-16,28H,4,13-14,17-18H2,1-3H3. The van der Waals surface area contributed by atoms with Gasteiger partial charge in [0.05, 0.1) is 13.7 Å². The van der Waals surface area contributed by atoms with E-state index < -0.39 is 0 Å². The van der Waals surface area contributed by atoms with Crippen LogP contribution in [0.15, 0.2) is 65.1 Å². The van der Waals surface area contributed by atoms with Gasteiger partial charge in [0.25, 0.3) is 0 Å². The second-order valence-corrected chi connectivity index (χ2v) is 8.17. The van der Waals surface area contributed by atoms with Crippen molar-refractivity contribution in [1.29, 1.82) is 0 Å². The summed E-state index contributed by atoms with van der Waals surface area (Å²) in [5, 5.41) is 3.52. The lowest BCUT2D eigenvalue weighted by atomic mass is 10.1. The lowest BCUT2D eigenvalue weighted by Crippen LogP contribution is -2.17. The van der Waals surface area contributed by atoms with Gasteiger partial charge in [-0.15, -0.1) is 0 Å². The van der Waals surface area contributed by atoms with Crippen LogP contribution in [0.2, 0.25) is 0 Å². The molecule has 0 fully saturated rings. The van der Waals surface area contributed by atoms with E-state index in [0.717, 1.165) is 46.8 Å². The highest BCUT2D eigenvalue weighted by Crippen LogP contribution is 2.34. The van der Waals surface area contributed by atoms with Gasteiger partial charge in [-0.3, -0.25) is 0 Å². The average molecular weight is 484 g/mol. The Kier molecular flexibility index (Phi) is 8.80. The Labute approximate surface area is 193 Å². The quantitative estimate of drug-likeness (QED) is 0.335. The molecular weight excluding hydrogens is 454 g/mol. The van der Waals surface area contributed by atoms with E-state index in [4.69, 9.17) is 14.2 Å². The lowest BCUT2D eigenvalue weighted by Gasteiger charge is -2.16. The highest BCUT2D eigenvalue weighted by Gasteiger charge is 2.12. The zero-order valence-corrected chi connectivity index (χ0v) is 20.0. The van der Waals surface area contributed by atoms with Crippen LogP contribution in [-0.2, 0) is 19.6 Å². The summed E-state index contributed by atoms with van der Waals surface area (Å²) in [4.78, 5) is 0. The molecular formula is C26H30BrNO3. The Bertz CT molecular complexity index is 973. The monoisotopic (exact) mass is 483 g/mol. The molecule has 4 nitrogen and oxygen atoms in total. The van der Waals surface area contributed by atoms with Crippen molar-refractivity contribution in [3.05, 3.63) is 87.4 Å². The summed E-state index contributed by atoms with van der Waals surface area (Å²) in [6.07, 6.45) is 0.956. The van der Waals surface area contributed by atoms with Gasteiger partial charge in [0.1, 0.15) is 12.4 Å². The first-order valence-electron chi connectivity index (χ1n) is 10.6. The molecule has 0 atom stereocenters. The fourth-order valence-corrected chi connectivity index (χ4v) is 3.73. The van der Waals surface area contributed by atoms with Crippen molar-refractivity contribution in [1.82, 2.24) is 5.32 Å². The number of hydrogen-bond acceptors (Lipinski definition) is 4. The third-order valence-electron chi connectivity index (χ3n) is 5.12. The molecule has 0 heterocycles. The van der Waals surface area contributed by atoms with Crippen molar-refractivity contribution in [2.24, 2.45) is 0 Å². The minimum atomic E-state index is 0.513. The fraction of sp³-hybridized carbons (Fsp3) is 0.308. The van der Waals surface area contributed by atoms with Crippen molar-refractivity contribution in [3.63, 3.8) is 0 Å². The van der Waals surface area contributed by atoms with Crippen LogP contribution in [0.1, 0.15) is 29.2 Å². The van der Waals surface area contributed by atoms with Crippen molar-refractivity contribution in [2.45, 2.75) is 33.4 Å². The summed E-state index contributed by atoms with van der Waals surface area (Å²) in [6, 6.07) is 20.5. The number of rotatable bonds is 11. The molecule has 0 unspecified atom stereocenters. The summed E-state index contributed by atoms with van der Waals surface area (Å²) >= 11 is 3.70. The van der Waals surface area contributed by atoms with E-state index in [0.29, 0.717) is 13.2 Å². The SMILES string of the molecule is CCOc1cc(CNCCc2ccc(OC)cc2)c(Br)cc1OCc1ccccc1C. The molecule has 0 aromatic heterocycles. The van der Waals surface area contributed by atoms with Crippen LogP contribution in [0.5, 0.6) is 17.2 Å². The number of ether oxygens (including phenoxy) is 3. The smallest absolute Gasteiger partial charge is 0.162 e. The lowest BCUT2D eigenvalue weighted by molar-refractivity contribution is 0.268. The molecule has 0 saturated carbocycles. The maximum Gasteiger partial charge on any atom is 0.162 e. The minimum Gasteiger partial charge on any atom is -0.497 e. The summed E-state index contributed by atoms with van der Waals surface area (Å²) < 4.78 is 18.2. The first-order chi connectivity index (χ1) is 15.1. The van der Waals surface area contributed by atoms with Crippen LogP contribution in [0.25, 0.3) is 0 Å². The summed E-state index contributed by atoms with van der Waals surface area (Å²) in [7, 11) is 1.68. The summed E-state index contributed by atoms with van der Waals surface area (Å²) in [5.41, 5.74) is 4.81. The molecule has 0 bridgehead atoms. The highest BCUT2D eigenvalue weighted by atomic mass is 79.9.